The van der Waals surface area contributed by atoms with E-state index < -0.39 is 0 Å². The normalized spacial score (nSPS) is 17.1. The number of rotatable bonds is 3. The number of aryl methyl sites for hydroxylation is 3. The maximum Gasteiger partial charge on any atom is 0.276 e. The maximum absolute atomic E-state index is 12.7. The molecule has 6 nitrogen and oxygen atoms in total. The smallest absolute Gasteiger partial charge is 0.276 e. The van der Waals surface area contributed by atoms with Crippen LogP contribution in [-0.2, 0) is 4.79 Å². The number of aromatic nitrogens is 3. The van der Waals surface area contributed by atoms with Crippen molar-refractivity contribution in [3.05, 3.63) is 59.0 Å². The van der Waals surface area contributed by atoms with Gasteiger partial charge in [0.25, 0.3) is 5.89 Å². The van der Waals surface area contributed by atoms with E-state index in [1.54, 1.807) is 6.20 Å². The zero-order valence-electron chi connectivity index (χ0n) is 15.1. The van der Waals surface area contributed by atoms with Gasteiger partial charge in [-0.2, -0.15) is 4.98 Å². The van der Waals surface area contributed by atoms with Gasteiger partial charge in [0.1, 0.15) is 5.69 Å². The van der Waals surface area contributed by atoms with Crippen LogP contribution in [0.3, 0.4) is 0 Å². The van der Waals surface area contributed by atoms with Crippen LogP contribution in [0, 0.1) is 20.8 Å². The second-order valence-corrected chi connectivity index (χ2v) is 6.83. The monoisotopic (exact) mass is 348 g/mol. The van der Waals surface area contributed by atoms with Gasteiger partial charge in [0.2, 0.25) is 5.91 Å². The van der Waals surface area contributed by atoms with Gasteiger partial charge in [-0.05, 0) is 44.0 Å². The summed E-state index contributed by atoms with van der Waals surface area (Å²) < 4.78 is 5.35. The molecule has 4 rings (SSSR count). The molecule has 26 heavy (non-hydrogen) atoms. The Labute approximate surface area is 151 Å². The number of hydrogen-bond acceptors (Lipinski definition) is 5. The Hall–Kier alpha value is -3.02. The molecule has 1 fully saturated rings. The van der Waals surface area contributed by atoms with Crippen molar-refractivity contribution in [2.75, 3.05) is 11.4 Å². The van der Waals surface area contributed by atoms with Crippen LogP contribution < -0.4 is 4.90 Å². The molecule has 0 bridgehead atoms. The Kier molecular flexibility index (Phi) is 4.03. The molecule has 0 saturated carbocycles. The number of nitrogens with zero attached hydrogens (tertiary/aromatic N) is 4. The highest BCUT2D eigenvalue weighted by atomic mass is 16.5. The van der Waals surface area contributed by atoms with Crippen LogP contribution in [0.1, 0.15) is 34.9 Å². The number of pyridine rings is 1. The highest BCUT2D eigenvalue weighted by Gasteiger charge is 2.35. The Morgan fingerprint density at radius 1 is 1.15 bits per heavy atom. The van der Waals surface area contributed by atoms with Crippen LogP contribution >= 0.6 is 0 Å². The largest absolute Gasteiger partial charge is 0.332 e. The second kappa shape index (κ2) is 6.37. The number of hydrogen-bond donors (Lipinski definition) is 0. The third-order valence-electron chi connectivity index (χ3n) is 4.72. The first-order chi connectivity index (χ1) is 12.5. The third-order valence-corrected chi connectivity index (χ3v) is 4.72. The molecular formula is C20H20N4O2. The van der Waals surface area contributed by atoms with Gasteiger partial charge >= 0.3 is 0 Å². The van der Waals surface area contributed by atoms with Gasteiger partial charge in [0.05, 0.1) is 0 Å². The Morgan fingerprint density at radius 3 is 2.62 bits per heavy atom. The van der Waals surface area contributed by atoms with Gasteiger partial charge in [0.15, 0.2) is 5.82 Å². The minimum Gasteiger partial charge on any atom is -0.332 e. The lowest BCUT2D eigenvalue weighted by atomic mass is 10.0. The molecule has 0 N–H and O–H groups in total. The summed E-state index contributed by atoms with van der Waals surface area (Å²) >= 11 is 0. The minimum absolute atomic E-state index is 0.0798. The van der Waals surface area contributed by atoms with Crippen LogP contribution in [-0.4, -0.2) is 27.6 Å². The van der Waals surface area contributed by atoms with Gasteiger partial charge in [-0.1, -0.05) is 28.9 Å². The van der Waals surface area contributed by atoms with Crippen LogP contribution in [0.15, 0.2) is 41.1 Å². The zero-order chi connectivity index (χ0) is 18.3. The topological polar surface area (TPSA) is 72.1 Å². The lowest BCUT2D eigenvalue weighted by Gasteiger charge is -2.22. The standard InChI is InChI=1S/C20H20N4O2/c1-12-8-13(2)18(14(3)9-12)24-11-15(10-17(24)25)19-22-20(26-23-19)16-6-4-5-7-21-16/h4-9,15H,10-11H2,1-3H3. The molecule has 1 amide bonds. The first-order valence-electron chi connectivity index (χ1n) is 8.66. The van der Waals surface area contributed by atoms with Gasteiger partial charge in [-0.15, -0.1) is 0 Å². The summed E-state index contributed by atoms with van der Waals surface area (Å²) in [6.07, 6.45) is 2.07. The summed E-state index contributed by atoms with van der Waals surface area (Å²) in [5.74, 6) is 0.955. The summed E-state index contributed by atoms with van der Waals surface area (Å²) in [7, 11) is 0. The molecule has 3 heterocycles. The molecule has 3 aromatic rings. The average Bonchev–Trinajstić information content (AvgIpc) is 3.22. The predicted molar refractivity (Wildman–Crippen MR) is 97.9 cm³/mol. The molecule has 1 aliphatic rings. The van der Waals surface area contributed by atoms with Crippen LogP contribution in [0.25, 0.3) is 11.6 Å². The number of amides is 1. The third kappa shape index (κ3) is 2.87. The van der Waals surface area contributed by atoms with Gasteiger partial charge in [-0.3, -0.25) is 9.78 Å². The summed E-state index contributed by atoms with van der Waals surface area (Å²) in [4.78, 5) is 23.2. The zero-order valence-corrected chi connectivity index (χ0v) is 15.1. The number of anilines is 1. The fourth-order valence-electron chi connectivity index (χ4n) is 3.69. The molecule has 2 aromatic heterocycles. The Balaban J connectivity index is 1.60. The van der Waals surface area contributed by atoms with E-state index in [0.29, 0.717) is 30.4 Å². The van der Waals surface area contributed by atoms with E-state index in [1.807, 2.05) is 36.9 Å². The molecule has 132 valence electrons. The molecule has 1 aromatic carbocycles. The van der Waals surface area contributed by atoms with E-state index in [-0.39, 0.29) is 11.8 Å². The highest BCUT2D eigenvalue weighted by molar-refractivity contribution is 5.97. The molecular weight excluding hydrogens is 328 g/mol. The van der Waals surface area contributed by atoms with E-state index in [9.17, 15) is 4.79 Å². The fourth-order valence-corrected chi connectivity index (χ4v) is 3.69. The summed E-state index contributed by atoms with van der Waals surface area (Å²) in [5, 5.41) is 4.09. The van der Waals surface area contributed by atoms with Gasteiger partial charge < -0.3 is 9.42 Å². The van der Waals surface area contributed by atoms with Crippen molar-refractivity contribution >= 4 is 11.6 Å². The molecule has 0 radical (unpaired) electrons. The Morgan fingerprint density at radius 2 is 1.92 bits per heavy atom. The van der Waals surface area contributed by atoms with E-state index in [4.69, 9.17) is 4.52 Å². The molecule has 1 saturated heterocycles. The summed E-state index contributed by atoms with van der Waals surface area (Å²) in [6, 6.07) is 9.74. The first-order valence-corrected chi connectivity index (χ1v) is 8.66. The van der Waals surface area contributed by atoms with E-state index >= 15 is 0 Å². The Bertz CT molecular complexity index is 942. The molecule has 1 unspecified atom stereocenters. The van der Waals surface area contributed by atoms with E-state index in [2.05, 4.69) is 34.2 Å². The molecule has 6 heteroatoms. The van der Waals surface area contributed by atoms with Crippen molar-refractivity contribution in [1.29, 1.82) is 0 Å². The van der Waals surface area contributed by atoms with Crippen molar-refractivity contribution in [2.24, 2.45) is 0 Å². The van der Waals surface area contributed by atoms with Crippen LogP contribution in [0.2, 0.25) is 0 Å². The SMILES string of the molecule is Cc1cc(C)c(N2CC(c3noc(-c4ccccn4)n3)CC2=O)c(C)c1. The van der Waals surface area contributed by atoms with Crippen molar-refractivity contribution in [2.45, 2.75) is 33.1 Å². The minimum atomic E-state index is -0.0798. The van der Waals surface area contributed by atoms with Crippen LogP contribution in [0.5, 0.6) is 0 Å². The number of carbonyl (C=O) groups excluding carboxylic acids is 1. The first kappa shape index (κ1) is 16.4. The number of benzene rings is 1. The van der Waals surface area contributed by atoms with E-state index in [1.165, 1.54) is 5.56 Å². The molecule has 0 spiro atoms. The van der Waals surface area contributed by atoms with Crippen molar-refractivity contribution in [1.82, 2.24) is 15.1 Å². The molecule has 0 aliphatic carbocycles. The lowest BCUT2D eigenvalue weighted by molar-refractivity contribution is -0.117. The van der Waals surface area contributed by atoms with Gasteiger partial charge in [0, 0.05) is 30.8 Å². The quantitative estimate of drug-likeness (QED) is 0.723. The average molecular weight is 348 g/mol. The highest BCUT2D eigenvalue weighted by Crippen LogP contribution is 2.35. The molecule has 1 aliphatic heterocycles. The summed E-state index contributed by atoms with van der Waals surface area (Å²) in [5.41, 5.74) is 5.05. The predicted octanol–water partition coefficient (Wildman–Crippen LogP) is 3.58. The second-order valence-electron chi connectivity index (χ2n) is 6.83. The fraction of sp³-hybridized carbons (Fsp3) is 0.300. The van der Waals surface area contributed by atoms with Gasteiger partial charge in [-0.25, -0.2) is 0 Å². The van der Waals surface area contributed by atoms with E-state index in [0.717, 1.165) is 16.8 Å². The maximum atomic E-state index is 12.7. The van der Waals surface area contributed by atoms with Crippen molar-refractivity contribution < 1.29 is 9.32 Å². The van der Waals surface area contributed by atoms with Crippen molar-refractivity contribution in [3.63, 3.8) is 0 Å². The number of carbonyl (C=O) groups is 1. The van der Waals surface area contributed by atoms with Crippen LogP contribution in [0.4, 0.5) is 5.69 Å². The van der Waals surface area contributed by atoms with Crippen molar-refractivity contribution in [3.8, 4) is 11.6 Å². The molecule has 1 atom stereocenters. The lowest BCUT2D eigenvalue weighted by Crippen LogP contribution is -2.26. The summed E-state index contributed by atoms with van der Waals surface area (Å²) in [6.45, 7) is 6.72.